The van der Waals surface area contributed by atoms with Gasteiger partial charge < -0.3 is 9.26 Å². The SMILES string of the molecule is c1cnc(Oc2ccc(-c3noc(CCC4CCC4)n3)cc2)nc1. The van der Waals surface area contributed by atoms with Crippen LogP contribution in [-0.4, -0.2) is 20.1 Å². The van der Waals surface area contributed by atoms with Gasteiger partial charge in [0.15, 0.2) is 0 Å². The third-order valence-corrected chi connectivity index (χ3v) is 4.32. The van der Waals surface area contributed by atoms with E-state index in [2.05, 4.69) is 20.1 Å². The van der Waals surface area contributed by atoms with E-state index in [1.165, 1.54) is 19.3 Å². The summed E-state index contributed by atoms with van der Waals surface area (Å²) < 4.78 is 10.9. The average molecular weight is 322 g/mol. The lowest BCUT2D eigenvalue weighted by molar-refractivity contribution is 0.280. The van der Waals surface area contributed by atoms with Crippen LogP contribution in [0.5, 0.6) is 11.8 Å². The van der Waals surface area contributed by atoms with Crippen molar-refractivity contribution in [3.05, 3.63) is 48.6 Å². The van der Waals surface area contributed by atoms with E-state index in [1.807, 2.05) is 24.3 Å². The van der Waals surface area contributed by atoms with Crippen LogP contribution >= 0.6 is 0 Å². The predicted octanol–water partition coefficient (Wildman–Crippen LogP) is 4.05. The van der Waals surface area contributed by atoms with E-state index < -0.39 is 0 Å². The van der Waals surface area contributed by atoms with Crippen molar-refractivity contribution >= 4 is 0 Å². The van der Waals surface area contributed by atoms with Gasteiger partial charge in [-0.25, -0.2) is 9.97 Å². The Labute approximate surface area is 139 Å². The molecule has 6 nitrogen and oxygen atoms in total. The maximum atomic E-state index is 5.57. The number of ether oxygens (including phenoxy) is 1. The van der Waals surface area contributed by atoms with E-state index in [1.54, 1.807) is 18.5 Å². The summed E-state index contributed by atoms with van der Waals surface area (Å²) in [6.45, 7) is 0. The molecule has 0 spiro atoms. The number of benzene rings is 1. The summed E-state index contributed by atoms with van der Waals surface area (Å²) >= 11 is 0. The molecule has 1 aliphatic rings. The van der Waals surface area contributed by atoms with Crippen molar-refractivity contribution in [2.24, 2.45) is 5.92 Å². The molecule has 1 saturated carbocycles. The molecule has 0 saturated heterocycles. The normalized spacial score (nSPS) is 14.3. The van der Waals surface area contributed by atoms with Crippen molar-refractivity contribution in [1.82, 2.24) is 20.1 Å². The molecule has 122 valence electrons. The van der Waals surface area contributed by atoms with Crippen molar-refractivity contribution in [3.63, 3.8) is 0 Å². The zero-order chi connectivity index (χ0) is 16.2. The van der Waals surface area contributed by atoms with E-state index in [0.29, 0.717) is 17.6 Å². The summed E-state index contributed by atoms with van der Waals surface area (Å²) in [4.78, 5) is 12.5. The highest BCUT2D eigenvalue weighted by Crippen LogP contribution is 2.30. The zero-order valence-electron chi connectivity index (χ0n) is 13.3. The Morgan fingerprint density at radius 2 is 1.88 bits per heavy atom. The molecular weight excluding hydrogens is 304 g/mol. The van der Waals surface area contributed by atoms with Gasteiger partial charge >= 0.3 is 6.01 Å². The van der Waals surface area contributed by atoms with Crippen LogP contribution in [0, 0.1) is 5.92 Å². The third kappa shape index (κ3) is 3.42. The molecule has 4 rings (SSSR count). The highest BCUT2D eigenvalue weighted by molar-refractivity contribution is 5.55. The van der Waals surface area contributed by atoms with Gasteiger partial charge in [0.2, 0.25) is 11.7 Å². The Morgan fingerprint density at radius 3 is 2.58 bits per heavy atom. The highest BCUT2D eigenvalue weighted by atomic mass is 16.5. The van der Waals surface area contributed by atoms with Gasteiger partial charge in [0.05, 0.1) is 0 Å². The van der Waals surface area contributed by atoms with Crippen LogP contribution in [0.2, 0.25) is 0 Å². The smallest absolute Gasteiger partial charge is 0.321 e. The van der Waals surface area contributed by atoms with E-state index in [4.69, 9.17) is 9.26 Å². The van der Waals surface area contributed by atoms with Crippen LogP contribution in [-0.2, 0) is 6.42 Å². The number of rotatable bonds is 6. The second kappa shape index (κ2) is 6.78. The second-order valence-electron chi connectivity index (χ2n) is 6.01. The fourth-order valence-electron chi connectivity index (χ4n) is 2.70. The summed E-state index contributed by atoms with van der Waals surface area (Å²) in [7, 11) is 0. The minimum Gasteiger partial charge on any atom is -0.424 e. The van der Waals surface area contributed by atoms with Crippen LogP contribution in [0.1, 0.15) is 31.6 Å². The second-order valence-corrected chi connectivity index (χ2v) is 6.01. The van der Waals surface area contributed by atoms with Gasteiger partial charge in [0.1, 0.15) is 5.75 Å². The lowest BCUT2D eigenvalue weighted by Crippen LogP contribution is -2.11. The summed E-state index contributed by atoms with van der Waals surface area (Å²) in [6, 6.07) is 9.56. The van der Waals surface area contributed by atoms with Gasteiger partial charge in [0.25, 0.3) is 0 Å². The minimum absolute atomic E-state index is 0.322. The molecule has 1 aliphatic carbocycles. The first-order chi connectivity index (χ1) is 11.9. The zero-order valence-corrected chi connectivity index (χ0v) is 13.3. The molecule has 0 unspecified atom stereocenters. The maximum absolute atomic E-state index is 5.57. The molecule has 0 atom stereocenters. The van der Waals surface area contributed by atoms with Crippen molar-refractivity contribution in [2.45, 2.75) is 32.1 Å². The van der Waals surface area contributed by atoms with Crippen molar-refractivity contribution in [1.29, 1.82) is 0 Å². The average Bonchev–Trinajstić information content (AvgIpc) is 3.04. The van der Waals surface area contributed by atoms with Crippen LogP contribution < -0.4 is 4.74 Å². The molecule has 2 heterocycles. The molecule has 0 radical (unpaired) electrons. The monoisotopic (exact) mass is 322 g/mol. The summed E-state index contributed by atoms with van der Waals surface area (Å²) in [5.41, 5.74) is 0.898. The van der Waals surface area contributed by atoms with Gasteiger partial charge in [-0.2, -0.15) is 4.98 Å². The molecule has 3 aromatic rings. The van der Waals surface area contributed by atoms with E-state index in [-0.39, 0.29) is 0 Å². The van der Waals surface area contributed by atoms with Crippen LogP contribution in [0.3, 0.4) is 0 Å². The number of aryl methyl sites for hydroxylation is 1. The lowest BCUT2D eigenvalue weighted by atomic mass is 9.82. The van der Waals surface area contributed by atoms with Crippen LogP contribution in [0.25, 0.3) is 11.4 Å². The fourth-order valence-corrected chi connectivity index (χ4v) is 2.70. The number of aromatic nitrogens is 4. The Hall–Kier alpha value is -2.76. The fraction of sp³-hybridized carbons (Fsp3) is 0.333. The van der Waals surface area contributed by atoms with Crippen molar-refractivity contribution in [2.75, 3.05) is 0 Å². The number of hydrogen-bond acceptors (Lipinski definition) is 6. The van der Waals surface area contributed by atoms with E-state index >= 15 is 0 Å². The van der Waals surface area contributed by atoms with Crippen molar-refractivity contribution in [3.8, 4) is 23.1 Å². The first kappa shape index (κ1) is 14.8. The number of hydrogen-bond donors (Lipinski definition) is 0. The molecule has 1 aromatic carbocycles. The van der Waals surface area contributed by atoms with Gasteiger partial charge in [-0.3, -0.25) is 0 Å². The van der Waals surface area contributed by atoms with E-state index in [0.717, 1.165) is 30.2 Å². The molecular formula is C18H18N4O2. The van der Waals surface area contributed by atoms with Crippen molar-refractivity contribution < 1.29 is 9.26 Å². The van der Waals surface area contributed by atoms with Crippen LogP contribution in [0.4, 0.5) is 0 Å². The third-order valence-electron chi connectivity index (χ3n) is 4.32. The first-order valence-corrected chi connectivity index (χ1v) is 8.25. The molecule has 0 bridgehead atoms. The standard InChI is InChI=1S/C18H18N4O2/c1-3-13(4-1)5-10-16-21-17(22-24-16)14-6-8-15(9-7-14)23-18-19-11-2-12-20-18/h2,6-9,11-13H,1,3-5,10H2. The Morgan fingerprint density at radius 1 is 1.08 bits per heavy atom. The Bertz CT molecular complexity index is 782. The minimum atomic E-state index is 0.322. The summed E-state index contributed by atoms with van der Waals surface area (Å²) in [5.74, 6) is 2.84. The highest BCUT2D eigenvalue weighted by Gasteiger charge is 2.18. The number of nitrogens with zero attached hydrogens (tertiary/aromatic N) is 4. The van der Waals surface area contributed by atoms with Gasteiger partial charge in [-0.1, -0.05) is 24.4 Å². The van der Waals surface area contributed by atoms with Gasteiger partial charge in [-0.05, 0) is 42.7 Å². The predicted molar refractivity (Wildman–Crippen MR) is 87.5 cm³/mol. The van der Waals surface area contributed by atoms with Gasteiger partial charge in [0, 0.05) is 24.4 Å². The van der Waals surface area contributed by atoms with Crippen LogP contribution in [0.15, 0.2) is 47.2 Å². The Balaban J connectivity index is 1.40. The molecule has 0 aliphatic heterocycles. The topological polar surface area (TPSA) is 73.9 Å². The first-order valence-electron chi connectivity index (χ1n) is 8.25. The summed E-state index contributed by atoms with van der Waals surface area (Å²) in [5, 5.41) is 4.07. The van der Waals surface area contributed by atoms with E-state index in [9.17, 15) is 0 Å². The molecule has 0 amide bonds. The Kier molecular flexibility index (Phi) is 4.18. The molecule has 24 heavy (non-hydrogen) atoms. The molecule has 6 heteroatoms. The molecule has 2 aromatic heterocycles. The summed E-state index contributed by atoms with van der Waals surface area (Å²) in [6.07, 6.45) is 9.33. The quantitative estimate of drug-likeness (QED) is 0.681. The maximum Gasteiger partial charge on any atom is 0.321 e. The lowest BCUT2D eigenvalue weighted by Gasteiger charge is -2.24. The molecule has 1 fully saturated rings. The van der Waals surface area contributed by atoms with Gasteiger partial charge in [-0.15, -0.1) is 0 Å². The largest absolute Gasteiger partial charge is 0.424 e. The molecule has 0 N–H and O–H groups in total.